The minimum Gasteiger partial charge on any atom is -0.335 e. The molecule has 1 saturated carbocycles. The van der Waals surface area contributed by atoms with Crippen LogP contribution >= 0.6 is 28.3 Å². The second-order valence-corrected chi connectivity index (χ2v) is 6.09. The molecule has 0 spiro atoms. The third-order valence-corrected chi connectivity index (χ3v) is 3.65. The molecule has 20 heavy (non-hydrogen) atoms. The molecule has 6 heteroatoms. The lowest BCUT2D eigenvalue weighted by Crippen LogP contribution is -2.36. The van der Waals surface area contributed by atoms with Gasteiger partial charge in [0.1, 0.15) is 5.82 Å². The van der Waals surface area contributed by atoms with Gasteiger partial charge in [0.15, 0.2) is 0 Å². The molecule has 0 bridgehead atoms. The van der Waals surface area contributed by atoms with Crippen molar-refractivity contribution in [1.82, 2.24) is 4.90 Å². The summed E-state index contributed by atoms with van der Waals surface area (Å²) in [5.41, 5.74) is 6.21. The van der Waals surface area contributed by atoms with Crippen LogP contribution in [0.5, 0.6) is 0 Å². The molecule has 0 aliphatic heterocycles. The number of benzene rings is 1. The summed E-state index contributed by atoms with van der Waals surface area (Å²) >= 11 is 3.33. The number of rotatable bonds is 5. The Hall–Kier alpha value is -0.650. The molecule has 0 radical (unpaired) electrons. The summed E-state index contributed by atoms with van der Waals surface area (Å²) < 4.78 is 14.6. The van der Waals surface area contributed by atoms with Gasteiger partial charge in [-0.15, -0.1) is 12.4 Å². The second-order valence-electron chi connectivity index (χ2n) is 5.17. The molecule has 1 aliphatic carbocycles. The molecular weight excluding hydrogens is 347 g/mol. The normalized spacial score (nSPS) is 15.4. The number of hydrogen-bond acceptors (Lipinski definition) is 2. The Morgan fingerprint density at radius 2 is 2.20 bits per heavy atom. The van der Waals surface area contributed by atoms with Gasteiger partial charge in [-0.25, -0.2) is 4.39 Å². The van der Waals surface area contributed by atoms with E-state index in [4.69, 9.17) is 5.73 Å². The van der Waals surface area contributed by atoms with E-state index in [9.17, 15) is 9.18 Å². The van der Waals surface area contributed by atoms with Crippen molar-refractivity contribution in [1.29, 1.82) is 0 Å². The molecule has 0 saturated heterocycles. The van der Waals surface area contributed by atoms with Gasteiger partial charge in [0, 0.05) is 35.1 Å². The monoisotopic (exact) mass is 364 g/mol. The van der Waals surface area contributed by atoms with Crippen molar-refractivity contribution in [3.63, 3.8) is 0 Å². The van der Waals surface area contributed by atoms with Gasteiger partial charge in [0.25, 0.3) is 0 Å². The maximum Gasteiger partial charge on any atom is 0.224 e. The minimum atomic E-state index is -0.276. The Labute approximate surface area is 133 Å². The van der Waals surface area contributed by atoms with Crippen molar-refractivity contribution in [2.24, 2.45) is 5.73 Å². The molecule has 1 aromatic rings. The summed E-state index contributed by atoms with van der Waals surface area (Å²) in [6.07, 6.45) is 2.31. The first-order chi connectivity index (χ1) is 8.97. The standard InChI is InChI=1S/C14H18BrFN2O.ClH/c1-9(17)6-14(19)18(12-3-4-12)8-10-7-11(15)2-5-13(10)16;/h2,5,7,9,12H,3-4,6,8,17H2,1H3;1H. The van der Waals surface area contributed by atoms with Crippen LogP contribution < -0.4 is 5.73 Å². The van der Waals surface area contributed by atoms with E-state index in [0.717, 1.165) is 17.3 Å². The smallest absolute Gasteiger partial charge is 0.224 e. The number of nitrogens with two attached hydrogens (primary N) is 1. The number of hydrogen-bond donors (Lipinski definition) is 1. The fourth-order valence-electron chi connectivity index (χ4n) is 2.05. The van der Waals surface area contributed by atoms with E-state index in [-0.39, 0.29) is 36.2 Å². The van der Waals surface area contributed by atoms with Crippen LogP contribution in [0.3, 0.4) is 0 Å². The lowest BCUT2D eigenvalue weighted by Gasteiger charge is -2.24. The molecule has 1 unspecified atom stereocenters. The Morgan fingerprint density at radius 1 is 1.55 bits per heavy atom. The predicted octanol–water partition coefficient (Wildman–Crippen LogP) is 3.24. The van der Waals surface area contributed by atoms with Crippen LogP contribution in [0.15, 0.2) is 22.7 Å². The quantitative estimate of drug-likeness (QED) is 0.871. The average Bonchev–Trinajstić information content (AvgIpc) is 3.13. The molecular formula is C14H19BrClFN2O. The van der Waals surface area contributed by atoms with Crippen molar-refractivity contribution in [3.05, 3.63) is 34.1 Å². The zero-order valence-electron chi connectivity index (χ0n) is 11.3. The third kappa shape index (κ3) is 4.72. The van der Waals surface area contributed by atoms with E-state index in [1.54, 1.807) is 17.0 Å². The lowest BCUT2D eigenvalue weighted by atomic mass is 10.1. The van der Waals surface area contributed by atoms with Crippen LogP contribution in [0.4, 0.5) is 4.39 Å². The first-order valence-corrected chi connectivity index (χ1v) is 7.25. The van der Waals surface area contributed by atoms with E-state index >= 15 is 0 Å². The van der Waals surface area contributed by atoms with E-state index in [1.165, 1.54) is 6.07 Å². The highest BCUT2D eigenvalue weighted by Crippen LogP contribution is 2.30. The Kier molecular flexibility index (Phi) is 6.43. The number of nitrogens with zero attached hydrogens (tertiary/aromatic N) is 1. The topological polar surface area (TPSA) is 46.3 Å². The van der Waals surface area contributed by atoms with Gasteiger partial charge in [-0.05, 0) is 38.0 Å². The van der Waals surface area contributed by atoms with Gasteiger partial charge in [-0.2, -0.15) is 0 Å². The summed E-state index contributed by atoms with van der Waals surface area (Å²) in [6.45, 7) is 2.13. The van der Waals surface area contributed by atoms with E-state index in [0.29, 0.717) is 18.5 Å². The van der Waals surface area contributed by atoms with Gasteiger partial charge in [0.05, 0.1) is 0 Å². The maximum atomic E-state index is 13.8. The fourth-order valence-corrected chi connectivity index (χ4v) is 2.46. The summed E-state index contributed by atoms with van der Waals surface area (Å²) in [4.78, 5) is 13.9. The van der Waals surface area contributed by atoms with Crippen LogP contribution in [-0.4, -0.2) is 22.9 Å². The molecule has 2 N–H and O–H groups in total. The highest BCUT2D eigenvalue weighted by atomic mass is 79.9. The average molecular weight is 366 g/mol. The summed E-state index contributed by atoms with van der Waals surface area (Å²) in [6, 6.07) is 4.89. The molecule has 2 rings (SSSR count). The van der Waals surface area contributed by atoms with E-state index < -0.39 is 0 Å². The van der Waals surface area contributed by atoms with Crippen molar-refractivity contribution in [2.75, 3.05) is 0 Å². The van der Waals surface area contributed by atoms with Crippen molar-refractivity contribution in [3.8, 4) is 0 Å². The third-order valence-electron chi connectivity index (χ3n) is 3.15. The SMILES string of the molecule is CC(N)CC(=O)N(Cc1cc(Br)ccc1F)C1CC1.Cl. The first-order valence-electron chi connectivity index (χ1n) is 6.46. The van der Waals surface area contributed by atoms with Gasteiger partial charge in [-0.1, -0.05) is 15.9 Å². The van der Waals surface area contributed by atoms with E-state index in [1.807, 2.05) is 6.92 Å². The van der Waals surface area contributed by atoms with Gasteiger partial charge >= 0.3 is 0 Å². The molecule has 1 aliphatic rings. The van der Waals surface area contributed by atoms with Crippen molar-refractivity contribution < 1.29 is 9.18 Å². The summed E-state index contributed by atoms with van der Waals surface area (Å²) in [5.74, 6) is -0.265. The highest BCUT2D eigenvalue weighted by molar-refractivity contribution is 9.10. The summed E-state index contributed by atoms with van der Waals surface area (Å²) in [7, 11) is 0. The molecule has 1 aromatic carbocycles. The molecule has 1 amide bonds. The zero-order chi connectivity index (χ0) is 14.0. The number of halogens is 3. The number of carbonyl (C=O) groups excluding carboxylic acids is 1. The van der Waals surface area contributed by atoms with Gasteiger partial charge in [0.2, 0.25) is 5.91 Å². The first kappa shape index (κ1) is 17.4. The fraction of sp³-hybridized carbons (Fsp3) is 0.500. The Balaban J connectivity index is 0.00000200. The van der Waals surface area contributed by atoms with Crippen LogP contribution in [0.1, 0.15) is 31.7 Å². The number of carbonyl (C=O) groups is 1. The van der Waals surface area contributed by atoms with Crippen LogP contribution in [0.25, 0.3) is 0 Å². The zero-order valence-corrected chi connectivity index (χ0v) is 13.7. The van der Waals surface area contributed by atoms with Crippen molar-refractivity contribution in [2.45, 2.75) is 44.8 Å². The Morgan fingerprint density at radius 3 is 2.75 bits per heavy atom. The van der Waals surface area contributed by atoms with Crippen LogP contribution in [0, 0.1) is 5.82 Å². The summed E-state index contributed by atoms with van der Waals surface area (Å²) in [5, 5.41) is 0. The van der Waals surface area contributed by atoms with Crippen LogP contribution in [0.2, 0.25) is 0 Å². The molecule has 3 nitrogen and oxygen atoms in total. The largest absolute Gasteiger partial charge is 0.335 e. The predicted molar refractivity (Wildman–Crippen MR) is 83.2 cm³/mol. The van der Waals surface area contributed by atoms with Gasteiger partial charge in [-0.3, -0.25) is 4.79 Å². The second kappa shape index (κ2) is 7.38. The molecule has 1 atom stereocenters. The molecule has 0 heterocycles. The minimum absolute atomic E-state index is 0. The molecule has 0 aromatic heterocycles. The van der Waals surface area contributed by atoms with Crippen LogP contribution in [-0.2, 0) is 11.3 Å². The maximum absolute atomic E-state index is 13.8. The van der Waals surface area contributed by atoms with E-state index in [2.05, 4.69) is 15.9 Å². The Bertz CT molecular complexity index is 480. The number of amides is 1. The molecule has 112 valence electrons. The van der Waals surface area contributed by atoms with Crippen molar-refractivity contribution >= 4 is 34.2 Å². The molecule has 1 fully saturated rings. The lowest BCUT2D eigenvalue weighted by molar-refractivity contribution is -0.132. The van der Waals surface area contributed by atoms with Gasteiger partial charge < -0.3 is 10.6 Å². The highest BCUT2D eigenvalue weighted by Gasteiger charge is 2.33.